The number of benzene rings is 2. The van der Waals surface area contributed by atoms with Gasteiger partial charge in [-0.3, -0.25) is 4.79 Å². The molecule has 142 valence electrons. The fraction of sp³-hybridized carbons (Fsp3) is 0.217. The van der Waals surface area contributed by atoms with Crippen LogP contribution in [0, 0.1) is 0 Å². The van der Waals surface area contributed by atoms with Crippen LogP contribution in [0.25, 0.3) is 10.4 Å². The molecule has 0 aliphatic heterocycles. The Morgan fingerprint density at radius 3 is 2.61 bits per heavy atom. The summed E-state index contributed by atoms with van der Waals surface area (Å²) in [5.41, 5.74) is 4.93. The lowest BCUT2D eigenvalue weighted by molar-refractivity contribution is -0.116. The number of thiophene rings is 1. The van der Waals surface area contributed by atoms with Crippen molar-refractivity contribution in [1.82, 2.24) is 0 Å². The molecule has 5 heteroatoms. The standard InChI is InChI=1S/C23H21NO3S/c1-2-27-23(26)20-18-14-16-10-6-7-11-17(16)21(18)28-22(20)24-19(25)13-12-15-8-4-3-5-9-15/h3-11H,2,12-14H2,1H3,(H,24,25). The second kappa shape index (κ2) is 7.98. The van der Waals surface area contributed by atoms with Crippen LogP contribution in [-0.4, -0.2) is 18.5 Å². The molecule has 0 radical (unpaired) electrons. The Balaban J connectivity index is 1.58. The van der Waals surface area contributed by atoms with Gasteiger partial charge in [0, 0.05) is 17.7 Å². The van der Waals surface area contributed by atoms with Crippen LogP contribution in [0.1, 0.15) is 40.4 Å². The number of ether oxygens (including phenoxy) is 1. The summed E-state index contributed by atoms with van der Waals surface area (Å²) in [5, 5.41) is 3.55. The minimum atomic E-state index is -0.369. The highest BCUT2D eigenvalue weighted by Gasteiger charge is 2.31. The molecule has 0 unspecified atom stereocenters. The number of anilines is 1. The minimum absolute atomic E-state index is 0.0948. The first-order valence-corrected chi connectivity index (χ1v) is 10.2. The van der Waals surface area contributed by atoms with Gasteiger partial charge in [-0.05, 0) is 35.6 Å². The first-order valence-electron chi connectivity index (χ1n) is 9.42. The summed E-state index contributed by atoms with van der Waals surface area (Å²) in [6.45, 7) is 2.09. The average Bonchev–Trinajstić information content (AvgIpc) is 3.22. The zero-order chi connectivity index (χ0) is 19.5. The summed E-state index contributed by atoms with van der Waals surface area (Å²) in [5.74, 6) is -0.464. The average molecular weight is 391 g/mol. The van der Waals surface area contributed by atoms with E-state index in [1.165, 1.54) is 16.9 Å². The molecule has 1 heterocycles. The summed E-state index contributed by atoms with van der Waals surface area (Å²) < 4.78 is 5.28. The maximum Gasteiger partial charge on any atom is 0.341 e. The molecule has 0 bridgehead atoms. The molecule has 0 spiro atoms. The van der Waals surface area contributed by atoms with Crippen molar-refractivity contribution >= 4 is 28.2 Å². The fourth-order valence-corrected chi connectivity index (χ4v) is 4.82. The Morgan fingerprint density at radius 1 is 1.07 bits per heavy atom. The molecule has 0 fully saturated rings. The molecule has 1 N–H and O–H groups in total. The molecule has 0 saturated heterocycles. The molecular formula is C23H21NO3S. The van der Waals surface area contributed by atoms with E-state index in [0.29, 0.717) is 36.4 Å². The minimum Gasteiger partial charge on any atom is -0.462 e. The van der Waals surface area contributed by atoms with E-state index in [2.05, 4.69) is 17.4 Å². The van der Waals surface area contributed by atoms with Crippen LogP contribution in [0.3, 0.4) is 0 Å². The van der Waals surface area contributed by atoms with Crippen molar-refractivity contribution in [3.63, 3.8) is 0 Å². The summed E-state index contributed by atoms with van der Waals surface area (Å²) in [6, 6.07) is 18.0. The number of rotatable bonds is 6. The van der Waals surface area contributed by atoms with Crippen molar-refractivity contribution in [2.75, 3.05) is 11.9 Å². The topological polar surface area (TPSA) is 55.4 Å². The van der Waals surface area contributed by atoms with E-state index in [4.69, 9.17) is 4.74 Å². The zero-order valence-electron chi connectivity index (χ0n) is 15.7. The molecule has 2 aromatic carbocycles. The van der Waals surface area contributed by atoms with Crippen LogP contribution in [0.2, 0.25) is 0 Å². The quantitative estimate of drug-likeness (QED) is 0.467. The number of aryl methyl sites for hydroxylation is 1. The number of amides is 1. The van der Waals surface area contributed by atoms with Gasteiger partial charge in [0.15, 0.2) is 0 Å². The second-order valence-electron chi connectivity index (χ2n) is 6.70. The van der Waals surface area contributed by atoms with E-state index in [1.807, 2.05) is 42.5 Å². The summed E-state index contributed by atoms with van der Waals surface area (Å²) in [7, 11) is 0. The van der Waals surface area contributed by atoms with Gasteiger partial charge in [0.1, 0.15) is 5.00 Å². The smallest absolute Gasteiger partial charge is 0.341 e. The Hall–Kier alpha value is -2.92. The molecule has 3 aromatic rings. The number of nitrogens with one attached hydrogen (secondary N) is 1. The first-order chi connectivity index (χ1) is 13.7. The molecule has 0 atom stereocenters. The number of hydrogen-bond acceptors (Lipinski definition) is 4. The van der Waals surface area contributed by atoms with Gasteiger partial charge in [0.05, 0.1) is 12.2 Å². The van der Waals surface area contributed by atoms with Crippen molar-refractivity contribution in [3.05, 3.63) is 76.9 Å². The maximum absolute atomic E-state index is 12.6. The SMILES string of the molecule is CCOC(=O)c1c(NC(=O)CCc2ccccc2)sc2c1Cc1ccccc1-2. The third-order valence-corrected chi connectivity index (χ3v) is 6.03. The van der Waals surface area contributed by atoms with Crippen molar-refractivity contribution < 1.29 is 14.3 Å². The number of hydrogen-bond donors (Lipinski definition) is 1. The second-order valence-corrected chi connectivity index (χ2v) is 7.72. The van der Waals surface area contributed by atoms with Crippen LogP contribution in [-0.2, 0) is 22.4 Å². The monoisotopic (exact) mass is 391 g/mol. The molecule has 1 aliphatic carbocycles. The van der Waals surface area contributed by atoms with Crippen LogP contribution in [0.4, 0.5) is 5.00 Å². The van der Waals surface area contributed by atoms with Crippen LogP contribution >= 0.6 is 11.3 Å². The lowest BCUT2D eigenvalue weighted by Gasteiger charge is -2.08. The number of carbonyl (C=O) groups excluding carboxylic acids is 2. The van der Waals surface area contributed by atoms with E-state index >= 15 is 0 Å². The summed E-state index contributed by atoms with van der Waals surface area (Å²) in [4.78, 5) is 26.2. The molecular weight excluding hydrogens is 370 g/mol. The van der Waals surface area contributed by atoms with Gasteiger partial charge in [-0.25, -0.2) is 4.79 Å². The van der Waals surface area contributed by atoms with E-state index < -0.39 is 0 Å². The van der Waals surface area contributed by atoms with E-state index in [-0.39, 0.29) is 11.9 Å². The Bertz CT molecular complexity index is 1020. The van der Waals surface area contributed by atoms with Crippen molar-refractivity contribution in [2.24, 2.45) is 0 Å². The normalized spacial score (nSPS) is 11.6. The van der Waals surface area contributed by atoms with E-state index in [0.717, 1.165) is 21.6 Å². The number of fused-ring (bicyclic) bond motifs is 3. The Kier molecular flexibility index (Phi) is 5.26. The largest absolute Gasteiger partial charge is 0.462 e. The lowest BCUT2D eigenvalue weighted by Crippen LogP contribution is -2.15. The third-order valence-electron chi connectivity index (χ3n) is 4.85. The van der Waals surface area contributed by atoms with Crippen molar-refractivity contribution in [3.8, 4) is 10.4 Å². The highest BCUT2D eigenvalue weighted by Crippen LogP contribution is 2.47. The highest BCUT2D eigenvalue weighted by molar-refractivity contribution is 7.20. The summed E-state index contributed by atoms with van der Waals surface area (Å²) >= 11 is 1.46. The van der Waals surface area contributed by atoms with Gasteiger partial charge < -0.3 is 10.1 Å². The van der Waals surface area contributed by atoms with Gasteiger partial charge in [0.25, 0.3) is 0 Å². The van der Waals surface area contributed by atoms with Gasteiger partial charge in [0.2, 0.25) is 5.91 Å². The molecule has 1 amide bonds. The fourth-order valence-electron chi connectivity index (χ4n) is 3.54. The molecule has 1 aliphatic rings. The van der Waals surface area contributed by atoms with Gasteiger partial charge in [-0.1, -0.05) is 54.6 Å². The summed E-state index contributed by atoms with van der Waals surface area (Å²) in [6.07, 6.45) is 1.72. The Morgan fingerprint density at radius 2 is 1.82 bits per heavy atom. The van der Waals surface area contributed by atoms with Crippen molar-refractivity contribution in [1.29, 1.82) is 0 Å². The zero-order valence-corrected chi connectivity index (χ0v) is 16.5. The van der Waals surface area contributed by atoms with Crippen LogP contribution in [0.5, 0.6) is 0 Å². The van der Waals surface area contributed by atoms with Crippen molar-refractivity contribution in [2.45, 2.75) is 26.2 Å². The predicted molar refractivity (Wildman–Crippen MR) is 112 cm³/mol. The number of carbonyl (C=O) groups is 2. The highest BCUT2D eigenvalue weighted by atomic mass is 32.1. The molecule has 28 heavy (non-hydrogen) atoms. The van der Waals surface area contributed by atoms with Crippen LogP contribution in [0.15, 0.2) is 54.6 Å². The lowest BCUT2D eigenvalue weighted by atomic mass is 10.1. The predicted octanol–water partition coefficient (Wildman–Crippen LogP) is 5.07. The van der Waals surface area contributed by atoms with E-state index in [1.54, 1.807) is 6.92 Å². The molecule has 4 nitrogen and oxygen atoms in total. The molecule has 4 rings (SSSR count). The molecule has 0 saturated carbocycles. The third kappa shape index (κ3) is 3.58. The first kappa shape index (κ1) is 18.4. The van der Waals surface area contributed by atoms with Gasteiger partial charge in [-0.2, -0.15) is 0 Å². The number of esters is 1. The molecule has 1 aromatic heterocycles. The van der Waals surface area contributed by atoms with Crippen LogP contribution < -0.4 is 5.32 Å². The maximum atomic E-state index is 12.6. The van der Waals surface area contributed by atoms with Gasteiger partial charge >= 0.3 is 5.97 Å². The Labute approximate surface area is 168 Å². The van der Waals surface area contributed by atoms with E-state index in [9.17, 15) is 9.59 Å². The van der Waals surface area contributed by atoms with Gasteiger partial charge in [-0.15, -0.1) is 11.3 Å².